The summed E-state index contributed by atoms with van der Waals surface area (Å²) in [5.74, 6) is 0.617. The summed E-state index contributed by atoms with van der Waals surface area (Å²) in [6.07, 6.45) is 5.11. The molecule has 2 amide bonds. The van der Waals surface area contributed by atoms with Crippen LogP contribution in [0.5, 0.6) is 5.75 Å². The number of hydrogen-bond donors (Lipinski definition) is 1. The lowest BCUT2D eigenvalue weighted by Crippen LogP contribution is -2.34. The first kappa shape index (κ1) is 23.3. The monoisotopic (exact) mass is 419 g/mol. The summed E-state index contributed by atoms with van der Waals surface area (Å²) in [5.41, 5.74) is 0.703. The van der Waals surface area contributed by atoms with Gasteiger partial charge in [0.15, 0.2) is 5.17 Å². The number of unbranched alkanes of at least 4 members (excludes halogenated alkanes) is 2. The highest BCUT2D eigenvalue weighted by Gasteiger charge is 2.38. The maximum Gasteiger partial charge on any atom is 0.242 e. The van der Waals surface area contributed by atoms with Crippen LogP contribution in [0.4, 0.5) is 5.69 Å². The number of carbonyl (C=O) groups is 2. The molecule has 0 bridgehead atoms. The van der Waals surface area contributed by atoms with Crippen LogP contribution in [0.1, 0.15) is 59.3 Å². The van der Waals surface area contributed by atoms with Gasteiger partial charge in [-0.15, -0.1) is 0 Å². The van der Waals surface area contributed by atoms with Crippen LogP contribution in [0, 0.1) is 0 Å². The van der Waals surface area contributed by atoms with Gasteiger partial charge in [-0.3, -0.25) is 19.5 Å². The minimum atomic E-state index is -0.403. The number of nitrogens with zero attached hydrogens (tertiary/aromatic N) is 2. The SMILES string of the molecule is CCCCN=C1SC(CC(=O)Nc2ccc(OCCC)cc2)C(=O)N1CCCC. The van der Waals surface area contributed by atoms with Crippen molar-refractivity contribution in [1.29, 1.82) is 0 Å². The molecule has 0 aliphatic carbocycles. The number of nitrogens with one attached hydrogen (secondary N) is 1. The molecule has 1 heterocycles. The molecule has 1 N–H and O–H groups in total. The fourth-order valence-electron chi connectivity index (χ4n) is 2.85. The van der Waals surface area contributed by atoms with E-state index in [-0.39, 0.29) is 18.2 Å². The van der Waals surface area contributed by atoms with Crippen molar-refractivity contribution in [3.8, 4) is 5.75 Å². The van der Waals surface area contributed by atoms with Gasteiger partial charge in [0.2, 0.25) is 11.8 Å². The van der Waals surface area contributed by atoms with Gasteiger partial charge < -0.3 is 10.1 Å². The molecule has 160 valence electrons. The molecule has 6 nitrogen and oxygen atoms in total. The predicted molar refractivity (Wildman–Crippen MR) is 121 cm³/mol. The molecule has 0 aromatic heterocycles. The summed E-state index contributed by atoms with van der Waals surface area (Å²) >= 11 is 1.42. The van der Waals surface area contributed by atoms with Crippen LogP contribution in [-0.4, -0.2) is 46.8 Å². The zero-order valence-electron chi connectivity index (χ0n) is 17.8. The van der Waals surface area contributed by atoms with Crippen LogP contribution < -0.4 is 10.1 Å². The zero-order valence-corrected chi connectivity index (χ0v) is 18.6. The number of carbonyl (C=O) groups excluding carboxylic acids is 2. The quantitative estimate of drug-likeness (QED) is 0.498. The molecule has 1 aromatic carbocycles. The average molecular weight is 420 g/mol. The molecule has 1 atom stereocenters. The molecule has 1 saturated heterocycles. The number of benzene rings is 1. The van der Waals surface area contributed by atoms with Gasteiger partial charge in [-0.05, 0) is 43.5 Å². The Morgan fingerprint density at radius 1 is 1.14 bits per heavy atom. The molecule has 7 heteroatoms. The second-order valence-corrected chi connectivity index (χ2v) is 8.26. The van der Waals surface area contributed by atoms with Gasteiger partial charge in [-0.25, -0.2) is 0 Å². The van der Waals surface area contributed by atoms with E-state index in [0.29, 0.717) is 18.8 Å². The van der Waals surface area contributed by atoms with Gasteiger partial charge in [-0.1, -0.05) is 45.4 Å². The number of aliphatic imine (C=N–C) groups is 1. The van der Waals surface area contributed by atoms with E-state index < -0.39 is 5.25 Å². The number of thioether (sulfide) groups is 1. The number of amides is 2. The third kappa shape index (κ3) is 7.38. The van der Waals surface area contributed by atoms with Crippen LogP contribution >= 0.6 is 11.8 Å². The Morgan fingerprint density at radius 2 is 1.86 bits per heavy atom. The maximum absolute atomic E-state index is 12.8. The van der Waals surface area contributed by atoms with E-state index in [9.17, 15) is 9.59 Å². The molecule has 1 aliphatic heterocycles. The zero-order chi connectivity index (χ0) is 21.1. The van der Waals surface area contributed by atoms with Gasteiger partial charge in [-0.2, -0.15) is 0 Å². The Labute approximate surface area is 178 Å². The van der Waals surface area contributed by atoms with Crippen LogP contribution in [0.2, 0.25) is 0 Å². The summed E-state index contributed by atoms with van der Waals surface area (Å²) in [4.78, 5) is 31.7. The van der Waals surface area contributed by atoms with E-state index in [2.05, 4.69) is 31.1 Å². The average Bonchev–Trinajstić information content (AvgIpc) is 3.00. The van der Waals surface area contributed by atoms with Gasteiger partial charge >= 0.3 is 0 Å². The Hall–Kier alpha value is -2.02. The van der Waals surface area contributed by atoms with Gasteiger partial charge in [0.05, 0.1) is 6.61 Å². The van der Waals surface area contributed by atoms with Gasteiger partial charge in [0, 0.05) is 25.2 Å². The minimum Gasteiger partial charge on any atom is -0.494 e. The molecule has 1 aromatic rings. The van der Waals surface area contributed by atoms with Crippen molar-refractivity contribution in [3.05, 3.63) is 24.3 Å². The molecule has 1 aliphatic rings. The highest BCUT2D eigenvalue weighted by molar-refractivity contribution is 8.15. The van der Waals surface area contributed by atoms with Crippen molar-refractivity contribution in [1.82, 2.24) is 4.90 Å². The molecular formula is C22H33N3O3S. The molecule has 0 radical (unpaired) electrons. The third-order valence-corrected chi connectivity index (χ3v) is 5.71. The van der Waals surface area contributed by atoms with Crippen LogP contribution in [-0.2, 0) is 9.59 Å². The standard InChI is InChI=1S/C22H33N3O3S/c1-4-7-13-23-22-25(14-8-5-2)21(27)19(29-22)16-20(26)24-17-9-11-18(12-10-17)28-15-6-3/h9-12,19H,4-8,13-16H2,1-3H3,(H,24,26). The Balaban J connectivity index is 1.94. The fourth-order valence-corrected chi connectivity index (χ4v) is 4.04. The molecule has 1 fully saturated rings. The smallest absolute Gasteiger partial charge is 0.242 e. The summed E-state index contributed by atoms with van der Waals surface area (Å²) in [6.45, 7) is 8.34. The lowest BCUT2D eigenvalue weighted by atomic mass is 10.2. The Bertz CT molecular complexity index is 691. The third-order valence-electron chi connectivity index (χ3n) is 4.50. The Kier molecular flexibility index (Phi) is 10.0. The first-order chi connectivity index (χ1) is 14.1. The molecule has 1 unspecified atom stereocenters. The second-order valence-electron chi connectivity index (χ2n) is 7.09. The number of hydrogen-bond acceptors (Lipinski definition) is 5. The highest BCUT2D eigenvalue weighted by atomic mass is 32.2. The van der Waals surface area contributed by atoms with Crippen molar-refractivity contribution in [2.75, 3.05) is 25.0 Å². The van der Waals surface area contributed by atoms with E-state index in [1.165, 1.54) is 11.8 Å². The molecule has 29 heavy (non-hydrogen) atoms. The van der Waals surface area contributed by atoms with Crippen molar-refractivity contribution in [2.45, 2.75) is 64.5 Å². The van der Waals surface area contributed by atoms with Crippen LogP contribution in [0.15, 0.2) is 29.3 Å². The van der Waals surface area contributed by atoms with E-state index in [1.54, 1.807) is 4.90 Å². The van der Waals surface area contributed by atoms with Crippen molar-refractivity contribution >= 4 is 34.4 Å². The molecule has 0 saturated carbocycles. The molecular weight excluding hydrogens is 386 g/mol. The van der Waals surface area contributed by atoms with Crippen molar-refractivity contribution in [3.63, 3.8) is 0 Å². The van der Waals surface area contributed by atoms with Gasteiger partial charge in [0.1, 0.15) is 11.0 Å². The van der Waals surface area contributed by atoms with Crippen molar-refractivity contribution < 1.29 is 14.3 Å². The largest absolute Gasteiger partial charge is 0.494 e. The molecule has 0 spiro atoms. The Morgan fingerprint density at radius 3 is 2.52 bits per heavy atom. The second kappa shape index (κ2) is 12.5. The van der Waals surface area contributed by atoms with E-state index >= 15 is 0 Å². The van der Waals surface area contributed by atoms with Crippen molar-refractivity contribution in [2.24, 2.45) is 4.99 Å². The van der Waals surface area contributed by atoms with Crippen LogP contribution in [0.3, 0.4) is 0 Å². The lowest BCUT2D eigenvalue weighted by Gasteiger charge is -2.16. The first-order valence-corrected chi connectivity index (χ1v) is 11.5. The molecule has 2 rings (SSSR count). The summed E-state index contributed by atoms with van der Waals surface area (Å²) in [7, 11) is 0. The topological polar surface area (TPSA) is 71.0 Å². The fraction of sp³-hybridized carbons (Fsp3) is 0.591. The van der Waals surface area contributed by atoms with E-state index in [1.807, 2.05) is 24.3 Å². The number of ether oxygens (including phenoxy) is 1. The summed E-state index contributed by atoms with van der Waals surface area (Å²) in [6, 6.07) is 7.31. The highest BCUT2D eigenvalue weighted by Crippen LogP contribution is 2.30. The number of rotatable bonds is 12. The minimum absolute atomic E-state index is 0.00263. The number of anilines is 1. The first-order valence-electron chi connectivity index (χ1n) is 10.6. The normalized spacial score (nSPS) is 17.8. The number of amidine groups is 1. The van der Waals surface area contributed by atoms with E-state index in [4.69, 9.17) is 4.74 Å². The maximum atomic E-state index is 12.8. The van der Waals surface area contributed by atoms with Gasteiger partial charge in [0.25, 0.3) is 0 Å². The lowest BCUT2D eigenvalue weighted by molar-refractivity contribution is -0.128. The summed E-state index contributed by atoms with van der Waals surface area (Å²) < 4.78 is 5.55. The van der Waals surface area contributed by atoms with E-state index in [0.717, 1.165) is 49.6 Å². The summed E-state index contributed by atoms with van der Waals surface area (Å²) in [5, 5.41) is 3.25. The predicted octanol–water partition coefficient (Wildman–Crippen LogP) is 4.70. The van der Waals surface area contributed by atoms with Crippen LogP contribution in [0.25, 0.3) is 0 Å².